The van der Waals surface area contributed by atoms with Crippen LogP contribution in [0.25, 0.3) is 22.3 Å². The summed E-state index contributed by atoms with van der Waals surface area (Å²) in [6.45, 7) is -0.0535. The summed E-state index contributed by atoms with van der Waals surface area (Å²) in [6.07, 6.45) is 2.57. The standard InChI is InChI=1S/C30H29FO12S3/c1-38-27-17-24(20-8-13-23(14-9-20)41-44(3,32)33)29(39-2)30(43-46(5,36)37)28(27)21-10-15-25(26(16-21)42-45(4,34)35)40-18-19-6-11-22(31)12-7-19/h6-17H,18H2,1-5H3. The second-order valence-corrected chi connectivity index (χ2v) is 14.6. The largest absolute Gasteiger partial charge is 0.496 e. The van der Waals surface area contributed by atoms with Crippen molar-refractivity contribution in [2.75, 3.05) is 33.0 Å². The first-order valence-corrected chi connectivity index (χ1v) is 18.5. The van der Waals surface area contributed by atoms with Crippen molar-refractivity contribution in [1.29, 1.82) is 0 Å². The lowest BCUT2D eigenvalue weighted by atomic mass is 9.96. The van der Waals surface area contributed by atoms with Gasteiger partial charge in [0.05, 0.1) is 38.6 Å². The lowest BCUT2D eigenvalue weighted by molar-refractivity contribution is 0.296. The molecule has 0 bridgehead atoms. The van der Waals surface area contributed by atoms with E-state index in [1.165, 1.54) is 87.0 Å². The summed E-state index contributed by atoms with van der Waals surface area (Å²) in [4.78, 5) is 0. The molecule has 0 spiro atoms. The molecule has 0 heterocycles. The van der Waals surface area contributed by atoms with Crippen LogP contribution >= 0.6 is 0 Å². The fourth-order valence-corrected chi connectivity index (χ4v) is 5.70. The number of hydrogen-bond acceptors (Lipinski definition) is 12. The molecule has 0 aromatic heterocycles. The van der Waals surface area contributed by atoms with Gasteiger partial charge in [0.25, 0.3) is 0 Å². The molecule has 16 heteroatoms. The van der Waals surface area contributed by atoms with Crippen molar-refractivity contribution < 1.29 is 56.4 Å². The molecule has 0 radical (unpaired) electrons. The Balaban J connectivity index is 1.90. The Hall–Kier alpha value is -4.54. The second-order valence-electron chi connectivity index (χ2n) is 9.83. The normalized spacial score (nSPS) is 11.9. The zero-order chi connectivity index (χ0) is 33.9. The number of hydrogen-bond donors (Lipinski definition) is 0. The van der Waals surface area contributed by atoms with E-state index in [4.69, 9.17) is 26.8 Å². The molecular weight excluding hydrogens is 668 g/mol. The summed E-state index contributed by atoms with van der Waals surface area (Å²) in [7, 11) is -9.42. The predicted octanol–water partition coefficient (Wildman–Crippen LogP) is 4.77. The highest BCUT2D eigenvalue weighted by molar-refractivity contribution is 7.86. The Morgan fingerprint density at radius 2 is 1.17 bits per heavy atom. The average Bonchev–Trinajstić information content (AvgIpc) is 2.95. The first kappa shape index (κ1) is 34.3. The molecule has 0 amide bonds. The molecule has 0 aliphatic carbocycles. The number of ether oxygens (including phenoxy) is 3. The summed E-state index contributed by atoms with van der Waals surface area (Å²) in [6, 6.07) is 17.1. The Bertz CT molecular complexity index is 2060. The van der Waals surface area contributed by atoms with Crippen LogP contribution in [0.1, 0.15) is 5.56 Å². The zero-order valence-corrected chi connectivity index (χ0v) is 27.6. The molecule has 0 fully saturated rings. The minimum Gasteiger partial charge on any atom is -0.496 e. The van der Waals surface area contributed by atoms with Gasteiger partial charge in [-0.1, -0.05) is 30.3 Å². The van der Waals surface area contributed by atoms with Gasteiger partial charge >= 0.3 is 30.4 Å². The summed E-state index contributed by atoms with van der Waals surface area (Å²) in [5, 5.41) is 0. The maximum Gasteiger partial charge on any atom is 0.306 e. The maximum absolute atomic E-state index is 13.3. The third-order valence-electron chi connectivity index (χ3n) is 6.05. The van der Waals surface area contributed by atoms with Crippen molar-refractivity contribution >= 4 is 30.4 Å². The van der Waals surface area contributed by atoms with E-state index in [1.807, 2.05) is 0 Å². The maximum atomic E-state index is 13.3. The van der Waals surface area contributed by atoms with E-state index in [2.05, 4.69) is 0 Å². The van der Waals surface area contributed by atoms with Crippen molar-refractivity contribution in [3.63, 3.8) is 0 Å². The van der Waals surface area contributed by atoms with E-state index in [0.717, 1.165) is 18.8 Å². The van der Waals surface area contributed by atoms with E-state index in [9.17, 15) is 29.6 Å². The van der Waals surface area contributed by atoms with Gasteiger partial charge in [0.2, 0.25) is 0 Å². The monoisotopic (exact) mass is 696 g/mol. The molecule has 0 saturated carbocycles. The highest BCUT2D eigenvalue weighted by atomic mass is 32.2. The van der Waals surface area contributed by atoms with Crippen LogP contribution in [-0.2, 0) is 37.0 Å². The van der Waals surface area contributed by atoms with Crippen molar-refractivity contribution in [3.05, 3.63) is 84.2 Å². The molecule has 46 heavy (non-hydrogen) atoms. The van der Waals surface area contributed by atoms with Crippen molar-refractivity contribution in [2.45, 2.75) is 6.61 Å². The van der Waals surface area contributed by atoms with Gasteiger partial charge in [-0.25, -0.2) is 4.39 Å². The molecule has 0 saturated heterocycles. The van der Waals surface area contributed by atoms with Crippen molar-refractivity contribution in [1.82, 2.24) is 0 Å². The van der Waals surface area contributed by atoms with Gasteiger partial charge in [-0.05, 0) is 59.2 Å². The SMILES string of the molecule is COc1cc(-c2ccc(OS(C)(=O)=O)cc2)c(OC)c(OS(C)(=O)=O)c1-c1ccc(OCc2ccc(F)cc2)c(OS(C)(=O)=O)c1. The highest BCUT2D eigenvalue weighted by Crippen LogP contribution is 2.51. The predicted molar refractivity (Wildman–Crippen MR) is 168 cm³/mol. The highest BCUT2D eigenvalue weighted by Gasteiger charge is 2.27. The number of methoxy groups -OCH3 is 2. The van der Waals surface area contributed by atoms with Gasteiger partial charge in [0.1, 0.15) is 23.9 Å². The van der Waals surface area contributed by atoms with Gasteiger partial charge < -0.3 is 26.8 Å². The summed E-state index contributed by atoms with van der Waals surface area (Å²) >= 11 is 0. The summed E-state index contributed by atoms with van der Waals surface area (Å²) in [5.41, 5.74) is 1.61. The number of benzene rings is 4. The molecule has 246 valence electrons. The molecule has 4 aromatic carbocycles. The molecule has 12 nitrogen and oxygen atoms in total. The first-order chi connectivity index (χ1) is 21.5. The Kier molecular flexibility index (Phi) is 10.0. The van der Waals surface area contributed by atoms with Gasteiger partial charge in [0, 0.05) is 5.56 Å². The Morgan fingerprint density at radius 3 is 1.72 bits per heavy atom. The fraction of sp³-hybridized carbons (Fsp3) is 0.200. The minimum absolute atomic E-state index is 0.0167. The summed E-state index contributed by atoms with van der Waals surface area (Å²) in [5.74, 6) is -0.851. The summed E-state index contributed by atoms with van der Waals surface area (Å²) < 4.78 is 118. The van der Waals surface area contributed by atoms with Crippen LogP contribution in [0.2, 0.25) is 0 Å². The topological polar surface area (TPSA) is 158 Å². The van der Waals surface area contributed by atoms with E-state index in [0.29, 0.717) is 16.7 Å². The van der Waals surface area contributed by atoms with Crippen LogP contribution in [0.4, 0.5) is 4.39 Å². The molecule has 0 N–H and O–H groups in total. The van der Waals surface area contributed by atoms with Crippen LogP contribution in [-0.4, -0.2) is 58.2 Å². The van der Waals surface area contributed by atoms with E-state index < -0.39 is 36.2 Å². The quantitative estimate of drug-likeness (QED) is 0.177. The number of halogens is 1. The average molecular weight is 697 g/mol. The van der Waals surface area contributed by atoms with E-state index in [1.54, 1.807) is 0 Å². The van der Waals surface area contributed by atoms with E-state index in [-0.39, 0.29) is 52.2 Å². The molecule has 4 aromatic rings. The molecule has 0 aliphatic rings. The second kappa shape index (κ2) is 13.4. The van der Waals surface area contributed by atoms with Crippen LogP contribution in [0.15, 0.2) is 72.8 Å². The third kappa shape index (κ3) is 9.02. The van der Waals surface area contributed by atoms with Crippen molar-refractivity contribution in [3.8, 4) is 56.8 Å². The fourth-order valence-electron chi connectivity index (χ4n) is 4.32. The third-order valence-corrected chi connectivity index (χ3v) is 7.50. The molecule has 4 rings (SSSR count). The van der Waals surface area contributed by atoms with Crippen LogP contribution in [0, 0.1) is 5.82 Å². The van der Waals surface area contributed by atoms with E-state index >= 15 is 0 Å². The van der Waals surface area contributed by atoms with Gasteiger partial charge in [-0.15, -0.1) is 0 Å². The van der Waals surface area contributed by atoms with Crippen molar-refractivity contribution in [2.24, 2.45) is 0 Å². The Labute approximate surface area is 266 Å². The molecule has 0 unspecified atom stereocenters. The van der Waals surface area contributed by atoms with Gasteiger partial charge in [0.15, 0.2) is 23.0 Å². The lowest BCUT2D eigenvalue weighted by Gasteiger charge is -2.21. The van der Waals surface area contributed by atoms with Gasteiger partial charge in [-0.2, -0.15) is 25.3 Å². The van der Waals surface area contributed by atoms with Crippen LogP contribution < -0.4 is 26.8 Å². The van der Waals surface area contributed by atoms with Crippen LogP contribution in [0.3, 0.4) is 0 Å². The molecular formula is C30H29FO12S3. The van der Waals surface area contributed by atoms with Crippen LogP contribution in [0.5, 0.6) is 34.5 Å². The molecule has 0 atom stereocenters. The zero-order valence-electron chi connectivity index (χ0n) is 25.1. The first-order valence-electron chi connectivity index (χ1n) is 13.1. The van der Waals surface area contributed by atoms with Gasteiger partial charge in [-0.3, -0.25) is 0 Å². The number of rotatable bonds is 13. The lowest BCUT2D eigenvalue weighted by Crippen LogP contribution is -2.10. The minimum atomic E-state index is -4.18. The molecule has 0 aliphatic heterocycles. The smallest absolute Gasteiger partial charge is 0.306 e. The Morgan fingerprint density at radius 1 is 0.587 bits per heavy atom.